The summed E-state index contributed by atoms with van der Waals surface area (Å²) < 4.78 is 12.7. The van der Waals surface area contributed by atoms with Crippen LogP contribution >= 0.6 is 23.1 Å². The van der Waals surface area contributed by atoms with Crippen molar-refractivity contribution in [2.45, 2.75) is 23.9 Å². The van der Waals surface area contributed by atoms with E-state index >= 15 is 0 Å². The molecule has 4 aromatic heterocycles. The van der Waals surface area contributed by atoms with Crippen molar-refractivity contribution in [1.82, 2.24) is 24.9 Å². The Kier molecular flexibility index (Phi) is 4.18. The minimum Gasteiger partial charge on any atom is -0.467 e. The van der Waals surface area contributed by atoms with Crippen LogP contribution in [0.2, 0.25) is 0 Å². The third-order valence-corrected chi connectivity index (χ3v) is 5.25. The summed E-state index contributed by atoms with van der Waals surface area (Å²) in [6.45, 7) is 2.58. The summed E-state index contributed by atoms with van der Waals surface area (Å²) in [5.41, 5.74) is 0. The van der Waals surface area contributed by atoms with Crippen LogP contribution in [-0.2, 0) is 6.54 Å². The highest BCUT2D eigenvalue weighted by Crippen LogP contribution is 2.34. The van der Waals surface area contributed by atoms with Crippen molar-refractivity contribution in [3.63, 3.8) is 0 Å². The van der Waals surface area contributed by atoms with Gasteiger partial charge < -0.3 is 13.5 Å². The van der Waals surface area contributed by atoms with Gasteiger partial charge in [0.25, 0.3) is 0 Å². The third kappa shape index (κ3) is 3.13. The third-order valence-electron chi connectivity index (χ3n) is 3.30. The zero-order valence-corrected chi connectivity index (χ0v) is 14.3. The van der Waals surface area contributed by atoms with E-state index in [0.29, 0.717) is 18.3 Å². The minimum atomic E-state index is -0.0363. The highest BCUT2D eigenvalue weighted by molar-refractivity contribution is 7.99. The Labute approximate surface area is 145 Å². The van der Waals surface area contributed by atoms with Gasteiger partial charge in [0.1, 0.15) is 12.1 Å². The molecule has 0 aromatic carbocycles. The molecule has 0 aliphatic heterocycles. The van der Waals surface area contributed by atoms with E-state index in [0.717, 1.165) is 15.8 Å². The molecular formula is C15H13N5O2S2. The summed E-state index contributed by atoms with van der Waals surface area (Å²) in [4.78, 5) is 5.46. The van der Waals surface area contributed by atoms with Gasteiger partial charge in [0.2, 0.25) is 11.7 Å². The van der Waals surface area contributed by atoms with Crippen molar-refractivity contribution in [3.8, 4) is 10.7 Å². The second-order valence-electron chi connectivity index (χ2n) is 5.01. The van der Waals surface area contributed by atoms with Crippen molar-refractivity contribution < 1.29 is 8.94 Å². The normalized spacial score (nSPS) is 12.5. The van der Waals surface area contributed by atoms with Crippen LogP contribution < -0.4 is 0 Å². The maximum Gasteiger partial charge on any atom is 0.240 e. The predicted octanol–water partition coefficient (Wildman–Crippen LogP) is 3.88. The molecule has 1 unspecified atom stereocenters. The molecule has 0 aliphatic rings. The van der Waals surface area contributed by atoms with E-state index in [9.17, 15) is 0 Å². The van der Waals surface area contributed by atoms with Gasteiger partial charge in [0.15, 0.2) is 5.16 Å². The van der Waals surface area contributed by atoms with Gasteiger partial charge in [-0.25, -0.2) is 0 Å². The first-order chi connectivity index (χ1) is 11.8. The molecule has 9 heteroatoms. The fourth-order valence-electron chi connectivity index (χ4n) is 2.13. The lowest BCUT2D eigenvalue weighted by Crippen LogP contribution is -2.00. The standard InChI is InChI=1S/C15H13N5O2S2/c1-10(14-17-13(19-22-14)12-5-3-7-23-12)24-15-18-16-9-20(15)8-11-4-2-6-21-11/h2-7,9-10H,8H2,1H3. The Balaban J connectivity index is 1.49. The summed E-state index contributed by atoms with van der Waals surface area (Å²) in [7, 11) is 0. The van der Waals surface area contributed by atoms with Crippen LogP contribution in [0.15, 0.2) is 56.3 Å². The van der Waals surface area contributed by atoms with Crippen LogP contribution in [0.1, 0.15) is 23.8 Å². The largest absolute Gasteiger partial charge is 0.467 e. The van der Waals surface area contributed by atoms with Gasteiger partial charge in [-0.15, -0.1) is 21.5 Å². The number of nitrogens with zero attached hydrogens (tertiary/aromatic N) is 5. The zero-order chi connectivity index (χ0) is 16.4. The molecule has 4 aromatic rings. The van der Waals surface area contributed by atoms with Crippen molar-refractivity contribution in [3.05, 3.63) is 53.9 Å². The van der Waals surface area contributed by atoms with Crippen LogP contribution in [0.25, 0.3) is 10.7 Å². The number of hydrogen-bond acceptors (Lipinski definition) is 8. The zero-order valence-electron chi connectivity index (χ0n) is 12.7. The van der Waals surface area contributed by atoms with Gasteiger partial charge in [-0.05, 0) is 30.5 Å². The van der Waals surface area contributed by atoms with Gasteiger partial charge in [-0.3, -0.25) is 0 Å². The number of hydrogen-bond donors (Lipinski definition) is 0. The van der Waals surface area contributed by atoms with E-state index in [2.05, 4.69) is 20.3 Å². The lowest BCUT2D eigenvalue weighted by Gasteiger charge is -2.07. The average Bonchev–Trinajstić information content (AvgIpc) is 3.37. The molecule has 0 radical (unpaired) electrons. The highest BCUT2D eigenvalue weighted by atomic mass is 32.2. The molecule has 4 rings (SSSR count). The molecule has 122 valence electrons. The highest BCUT2D eigenvalue weighted by Gasteiger charge is 2.19. The molecule has 1 atom stereocenters. The summed E-state index contributed by atoms with van der Waals surface area (Å²) in [5, 5.41) is 14.9. The molecular weight excluding hydrogens is 346 g/mol. The number of thiophene rings is 1. The molecule has 7 nitrogen and oxygen atoms in total. The lowest BCUT2D eigenvalue weighted by atomic mass is 10.4. The quantitative estimate of drug-likeness (QED) is 0.483. The lowest BCUT2D eigenvalue weighted by molar-refractivity contribution is 0.380. The number of rotatable bonds is 6. The van der Waals surface area contributed by atoms with Crippen molar-refractivity contribution in [1.29, 1.82) is 0 Å². The Hall–Kier alpha value is -2.39. The first-order valence-corrected chi connectivity index (χ1v) is 9.00. The molecule has 0 amide bonds. The fourth-order valence-corrected chi connectivity index (χ4v) is 3.63. The molecule has 0 saturated heterocycles. The average molecular weight is 359 g/mol. The summed E-state index contributed by atoms with van der Waals surface area (Å²) in [5.74, 6) is 2.03. The number of thioether (sulfide) groups is 1. The molecule has 24 heavy (non-hydrogen) atoms. The molecule has 0 saturated carbocycles. The van der Waals surface area contributed by atoms with E-state index in [1.165, 1.54) is 11.8 Å². The van der Waals surface area contributed by atoms with Crippen molar-refractivity contribution in [2.24, 2.45) is 0 Å². The molecule has 0 aliphatic carbocycles. The Morgan fingerprint density at radius 3 is 3.08 bits per heavy atom. The van der Waals surface area contributed by atoms with Crippen LogP contribution in [0.4, 0.5) is 0 Å². The SMILES string of the molecule is CC(Sc1nncn1Cc1ccco1)c1nc(-c2cccs2)no1. The molecule has 0 fully saturated rings. The summed E-state index contributed by atoms with van der Waals surface area (Å²) in [6, 6.07) is 7.71. The van der Waals surface area contributed by atoms with Gasteiger partial charge in [0, 0.05) is 0 Å². The minimum absolute atomic E-state index is 0.0363. The summed E-state index contributed by atoms with van der Waals surface area (Å²) in [6.07, 6.45) is 3.34. The first-order valence-electron chi connectivity index (χ1n) is 7.24. The topological polar surface area (TPSA) is 82.8 Å². The van der Waals surface area contributed by atoms with Gasteiger partial charge >= 0.3 is 0 Å². The van der Waals surface area contributed by atoms with Crippen LogP contribution in [0, 0.1) is 0 Å². The van der Waals surface area contributed by atoms with Gasteiger partial charge in [0.05, 0.1) is 22.9 Å². The summed E-state index contributed by atoms with van der Waals surface area (Å²) >= 11 is 3.10. The maximum atomic E-state index is 5.39. The molecule has 0 spiro atoms. The van der Waals surface area contributed by atoms with Crippen molar-refractivity contribution >= 4 is 23.1 Å². The van der Waals surface area contributed by atoms with Crippen molar-refractivity contribution in [2.75, 3.05) is 0 Å². The predicted molar refractivity (Wildman–Crippen MR) is 89.7 cm³/mol. The van der Waals surface area contributed by atoms with Crippen LogP contribution in [0.3, 0.4) is 0 Å². The molecule has 0 N–H and O–H groups in total. The van der Waals surface area contributed by atoms with Crippen LogP contribution in [0.5, 0.6) is 0 Å². The van der Waals surface area contributed by atoms with E-state index < -0.39 is 0 Å². The second-order valence-corrected chi connectivity index (χ2v) is 7.27. The Morgan fingerprint density at radius 1 is 1.33 bits per heavy atom. The molecule has 4 heterocycles. The van der Waals surface area contributed by atoms with E-state index in [1.807, 2.05) is 41.1 Å². The van der Waals surface area contributed by atoms with Gasteiger partial charge in [-0.2, -0.15) is 4.98 Å². The van der Waals surface area contributed by atoms with E-state index in [-0.39, 0.29) is 5.25 Å². The maximum absolute atomic E-state index is 5.39. The van der Waals surface area contributed by atoms with E-state index in [4.69, 9.17) is 8.94 Å². The monoisotopic (exact) mass is 359 g/mol. The fraction of sp³-hybridized carbons (Fsp3) is 0.200. The van der Waals surface area contributed by atoms with Gasteiger partial charge in [-0.1, -0.05) is 23.0 Å². The number of furan rings is 1. The molecule has 0 bridgehead atoms. The van der Waals surface area contributed by atoms with E-state index in [1.54, 1.807) is 23.9 Å². The number of aromatic nitrogens is 5. The Morgan fingerprint density at radius 2 is 2.29 bits per heavy atom. The first kappa shape index (κ1) is 15.2. The smallest absolute Gasteiger partial charge is 0.240 e. The van der Waals surface area contributed by atoms with Crippen LogP contribution in [-0.4, -0.2) is 24.9 Å². The second kappa shape index (κ2) is 6.62. The Bertz CT molecular complexity index is 898.